The zero-order chi connectivity index (χ0) is 31.4. The van der Waals surface area contributed by atoms with Crippen LogP contribution >= 0.6 is 11.3 Å². The van der Waals surface area contributed by atoms with Gasteiger partial charge < -0.3 is 35.5 Å². The monoisotopic (exact) mass is 631 g/mol. The fourth-order valence-electron chi connectivity index (χ4n) is 5.28. The minimum atomic E-state index is -1.06. The zero-order valence-electron chi connectivity index (χ0n) is 24.0. The fraction of sp³-hybridized carbons (Fsp3) is 0.250. The quantitative estimate of drug-likeness (QED) is 0.254. The summed E-state index contributed by atoms with van der Waals surface area (Å²) >= 11 is 1.48. The highest BCUT2D eigenvalue weighted by Crippen LogP contribution is 2.35. The molecule has 0 aliphatic carbocycles. The lowest BCUT2D eigenvalue weighted by Crippen LogP contribution is -2.49. The first-order valence-electron chi connectivity index (χ1n) is 14.2. The molecule has 1 spiro atoms. The number of carbonyl (C=O) groups is 3. The van der Waals surface area contributed by atoms with Gasteiger partial charge in [-0.3, -0.25) is 14.4 Å². The highest BCUT2D eigenvalue weighted by atomic mass is 32.1. The summed E-state index contributed by atoms with van der Waals surface area (Å²) in [6.07, 6.45) is 1.80. The van der Waals surface area contributed by atoms with Crippen LogP contribution in [0.15, 0.2) is 78.3 Å². The molecule has 45 heavy (non-hydrogen) atoms. The SMILES string of the molecule is Nc1ncccc1-c1csc(CNC(=O)[C@@H]2CC3(CN2C(=O)CNC(=O)c2ccc(Oc4ccc(F)cc4)cc2)OCCO3)c1. The topological polar surface area (TPSA) is 145 Å². The molecule has 4 aromatic rings. The number of benzene rings is 2. The van der Waals surface area contributed by atoms with Crippen molar-refractivity contribution in [1.29, 1.82) is 0 Å². The molecule has 232 valence electrons. The van der Waals surface area contributed by atoms with Gasteiger partial charge in [-0.1, -0.05) is 0 Å². The Bertz CT molecular complexity index is 1690. The molecule has 6 rings (SSSR count). The van der Waals surface area contributed by atoms with Crippen LogP contribution in [0, 0.1) is 5.82 Å². The molecule has 2 aromatic heterocycles. The largest absolute Gasteiger partial charge is 0.457 e. The van der Waals surface area contributed by atoms with Gasteiger partial charge in [-0.25, -0.2) is 9.37 Å². The van der Waals surface area contributed by atoms with E-state index in [2.05, 4.69) is 15.6 Å². The number of nitrogens with two attached hydrogens (primary N) is 1. The third-order valence-electron chi connectivity index (χ3n) is 7.53. The summed E-state index contributed by atoms with van der Waals surface area (Å²) < 4.78 is 30.4. The minimum absolute atomic E-state index is 0.0681. The molecule has 1 atom stereocenters. The number of hydrogen-bond acceptors (Lipinski definition) is 9. The van der Waals surface area contributed by atoms with Crippen molar-refractivity contribution in [3.63, 3.8) is 0 Å². The van der Waals surface area contributed by atoms with E-state index in [1.807, 2.05) is 23.6 Å². The number of pyridine rings is 1. The van der Waals surface area contributed by atoms with Crippen LogP contribution in [0.5, 0.6) is 11.5 Å². The number of nitrogens with zero attached hydrogens (tertiary/aromatic N) is 2. The summed E-state index contributed by atoms with van der Waals surface area (Å²) in [7, 11) is 0. The Kier molecular flexibility index (Phi) is 8.74. The van der Waals surface area contributed by atoms with E-state index < -0.39 is 23.6 Å². The molecule has 2 aliphatic heterocycles. The number of thiophene rings is 1. The average molecular weight is 632 g/mol. The molecule has 2 saturated heterocycles. The van der Waals surface area contributed by atoms with Crippen molar-refractivity contribution in [2.24, 2.45) is 0 Å². The van der Waals surface area contributed by atoms with E-state index in [1.54, 1.807) is 30.5 Å². The second-order valence-corrected chi connectivity index (χ2v) is 11.6. The summed E-state index contributed by atoms with van der Waals surface area (Å²) in [6, 6.07) is 16.7. The van der Waals surface area contributed by atoms with E-state index in [-0.39, 0.29) is 37.8 Å². The first kappa shape index (κ1) is 30.2. The van der Waals surface area contributed by atoms with Crippen LogP contribution in [0.25, 0.3) is 11.1 Å². The van der Waals surface area contributed by atoms with Crippen molar-refractivity contribution in [1.82, 2.24) is 20.5 Å². The third-order valence-corrected chi connectivity index (χ3v) is 8.47. The number of halogens is 1. The number of hydrogen-bond donors (Lipinski definition) is 3. The van der Waals surface area contributed by atoms with E-state index in [0.29, 0.717) is 36.1 Å². The maximum atomic E-state index is 13.4. The van der Waals surface area contributed by atoms with Crippen LogP contribution in [-0.2, 0) is 25.6 Å². The zero-order valence-corrected chi connectivity index (χ0v) is 24.8. The fourth-order valence-corrected chi connectivity index (χ4v) is 6.11. The van der Waals surface area contributed by atoms with Gasteiger partial charge in [0.25, 0.3) is 5.91 Å². The Morgan fingerprint density at radius 3 is 2.47 bits per heavy atom. The van der Waals surface area contributed by atoms with E-state index >= 15 is 0 Å². The number of carbonyl (C=O) groups excluding carboxylic acids is 3. The van der Waals surface area contributed by atoms with Crippen molar-refractivity contribution < 1.29 is 33.0 Å². The standard InChI is InChI=1S/C32H30FN5O6S/c33-22-5-9-24(10-6-22)44-23-7-3-20(4-8-23)30(40)37-17-28(39)38-19-32(42-12-13-43-32)15-27(38)31(41)36-16-25-14-21(18-45-25)26-2-1-11-35-29(26)34/h1-11,14,18,27H,12-13,15-17,19H2,(H2,34,35)(H,36,41)(H,37,40)/t27-/m0/s1. The molecule has 4 N–H and O–H groups in total. The molecule has 0 unspecified atom stereocenters. The van der Waals surface area contributed by atoms with Crippen molar-refractivity contribution in [2.45, 2.75) is 24.8 Å². The first-order chi connectivity index (χ1) is 21.8. The van der Waals surface area contributed by atoms with Crippen LogP contribution < -0.4 is 21.1 Å². The lowest BCUT2D eigenvalue weighted by atomic mass is 10.1. The highest BCUT2D eigenvalue weighted by Gasteiger charge is 2.52. The Labute approximate surface area is 262 Å². The van der Waals surface area contributed by atoms with Gasteiger partial charge in [-0.2, -0.15) is 0 Å². The van der Waals surface area contributed by atoms with E-state index in [9.17, 15) is 18.8 Å². The summed E-state index contributed by atoms with van der Waals surface area (Å²) in [5.74, 6) is -1.36. The molecular weight excluding hydrogens is 601 g/mol. The second-order valence-electron chi connectivity index (χ2n) is 10.6. The average Bonchev–Trinajstić information content (AvgIpc) is 3.81. The molecule has 0 radical (unpaired) electrons. The van der Waals surface area contributed by atoms with Crippen LogP contribution in [0.1, 0.15) is 21.7 Å². The summed E-state index contributed by atoms with van der Waals surface area (Å²) in [5, 5.41) is 7.51. The molecule has 2 aliphatic rings. The third kappa shape index (κ3) is 6.95. The molecule has 2 aromatic carbocycles. The van der Waals surface area contributed by atoms with E-state index in [4.69, 9.17) is 19.9 Å². The highest BCUT2D eigenvalue weighted by molar-refractivity contribution is 7.10. The second kappa shape index (κ2) is 13.0. The molecule has 0 saturated carbocycles. The summed E-state index contributed by atoms with van der Waals surface area (Å²) in [4.78, 5) is 46.0. The minimum Gasteiger partial charge on any atom is -0.457 e. The van der Waals surface area contributed by atoms with Crippen molar-refractivity contribution in [3.8, 4) is 22.6 Å². The number of amides is 3. The lowest BCUT2D eigenvalue weighted by molar-refractivity contribution is -0.152. The van der Waals surface area contributed by atoms with E-state index in [0.717, 1.165) is 16.0 Å². The van der Waals surface area contributed by atoms with Gasteiger partial charge in [0, 0.05) is 28.6 Å². The Morgan fingerprint density at radius 1 is 1.04 bits per heavy atom. The number of ether oxygens (including phenoxy) is 3. The van der Waals surface area contributed by atoms with Crippen molar-refractivity contribution >= 4 is 34.9 Å². The van der Waals surface area contributed by atoms with Gasteiger partial charge in [-0.05, 0) is 77.7 Å². The number of nitrogens with one attached hydrogen (secondary N) is 2. The van der Waals surface area contributed by atoms with Gasteiger partial charge in [-0.15, -0.1) is 11.3 Å². The maximum Gasteiger partial charge on any atom is 0.251 e. The molecule has 11 nitrogen and oxygen atoms in total. The molecular formula is C32H30FN5O6S. The number of likely N-dealkylation sites (tertiary alicyclic amines) is 1. The van der Waals surface area contributed by atoms with Crippen LogP contribution in [0.4, 0.5) is 10.2 Å². The van der Waals surface area contributed by atoms with Crippen LogP contribution in [0.3, 0.4) is 0 Å². The number of rotatable bonds is 9. The maximum absolute atomic E-state index is 13.4. The van der Waals surface area contributed by atoms with Crippen molar-refractivity contribution in [2.75, 3.05) is 32.0 Å². The van der Waals surface area contributed by atoms with Crippen LogP contribution in [0.2, 0.25) is 0 Å². The molecule has 2 fully saturated rings. The molecule has 0 bridgehead atoms. The van der Waals surface area contributed by atoms with Gasteiger partial charge >= 0.3 is 0 Å². The number of aromatic nitrogens is 1. The number of nitrogen functional groups attached to an aromatic ring is 1. The lowest BCUT2D eigenvalue weighted by Gasteiger charge is -2.24. The predicted octanol–water partition coefficient (Wildman–Crippen LogP) is 3.71. The molecule has 13 heteroatoms. The number of anilines is 1. The summed E-state index contributed by atoms with van der Waals surface area (Å²) in [6.45, 7) is 0.730. The van der Waals surface area contributed by atoms with Crippen LogP contribution in [-0.4, -0.2) is 65.7 Å². The van der Waals surface area contributed by atoms with Crippen molar-refractivity contribution in [3.05, 3.63) is 94.6 Å². The Morgan fingerprint density at radius 2 is 1.76 bits per heavy atom. The Hall–Kier alpha value is -4.85. The molecule has 3 amide bonds. The first-order valence-corrected chi connectivity index (χ1v) is 15.1. The van der Waals surface area contributed by atoms with Gasteiger partial charge in [0.2, 0.25) is 11.8 Å². The van der Waals surface area contributed by atoms with E-state index in [1.165, 1.54) is 40.5 Å². The van der Waals surface area contributed by atoms with Gasteiger partial charge in [0.1, 0.15) is 29.2 Å². The summed E-state index contributed by atoms with van der Waals surface area (Å²) in [5.41, 5.74) is 8.03. The smallest absolute Gasteiger partial charge is 0.251 e. The molecule has 4 heterocycles. The van der Waals surface area contributed by atoms with Gasteiger partial charge in [0.15, 0.2) is 5.79 Å². The normalized spacial score (nSPS) is 16.9. The Balaban J connectivity index is 1.06. The predicted molar refractivity (Wildman–Crippen MR) is 164 cm³/mol. The van der Waals surface area contributed by atoms with Gasteiger partial charge in [0.05, 0.1) is 32.8 Å².